The smallest absolute Gasteiger partial charge is 0.299 e. The lowest BCUT2D eigenvalue weighted by molar-refractivity contribution is 0.595. The van der Waals surface area contributed by atoms with E-state index in [4.69, 9.17) is 0 Å². The largest absolute Gasteiger partial charge is 0.354 e. The second kappa shape index (κ2) is 9.15. The maximum absolute atomic E-state index is 13.0. The van der Waals surface area contributed by atoms with E-state index < -0.39 is 10.0 Å². The Balaban J connectivity index is 1.63. The number of sulfonamides is 1. The van der Waals surface area contributed by atoms with Crippen LogP contribution in [0.25, 0.3) is 44.4 Å². The summed E-state index contributed by atoms with van der Waals surface area (Å²) in [5.74, 6) is 0. The predicted octanol–water partition coefficient (Wildman–Crippen LogP) is 8.39. The van der Waals surface area contributed by atoms with Crippen molar-refractivity contribution in [3.8, 4) is 33.6 Å². The number of nitrogens with zero attached hydrogens (tertiary/aromatic N) is 2. The molecule has 37 heavy (non-hydrogen) atoms. The standard InChI is InChI=1S/C31H23N3O2S/c1-21-16-18-24(19-17-21)37(35,36)34-33-31-26-15-9-8-14-25(26)30-29(31)27(22-10-4-2-5-11-22)20-28(32-30)23-12-6-3-7-13-23/h2-20,32H,1H3. The monoisotopic (exact) mass is 501 g/mol. The van der Waals surface area contributed by atoms with Crippen LogP contribution < -0.4 is 0 Å². The first-order chi connectivity index (χ1) is 18.0. The number of aryl methyl sites for hydroxylation is 1. The topological polar surface area (TPSA) is 74.7 Å². The third-order valence-electron chi connectivity index (χ3n) is 6.49. The lowest BCUT2D eigenvalue weighted by Gasteiger charge is -2.14. The quantitative estimate of drug-likeness (QED) is 0.241. The molecule has 0 saturated carbocycles. The molecule has 0 spiro atoms. The maximum Gasteiger partial charge on any atom is 0.299 e. The summed E-state index contributed by atoms with van der Waals surface area (Å²) in [6.07, 6.45) is 0. The van der Waals surface area contributed by atoms with Crippen LogP contribution in [0.4, 0.5) is 5.69 Å². The van der Waals surface area contributed by atoms with Crippen LogP contribution in [0, 0.1) is 6.92 Å². The van der Waals surface area contributed by atoms with Crippen LogP contribution >= 0.6 is 0 Å². The molecule has 2 aliphatic rings. The average molecular weight is 502 g/mol. The van der Waals surface area contributed by atoms with E-state index >= 15 is 0 Å². The van der Waals surface area contributed by atoms with Gasteiger partial charge in [0.1, 0.15) is 5.69 Å². The van der Waals surface area contributed by atoms with Gasteiger partial charge in [-0.3, -0.25) is 0 Å². The van der Waals surface area contributed by atoms with Crippen molar-refractivity contribution >= 4 is 26.5 Å². The molecule has 6 heteroatoms. The molecular weight excluding hydrogens is 478 g/mol. The van der Waals surface area contributed by atoms with Crippen molar-refractivity contribution in [3.63, 3.8) is 0 Å². The minimum absolute atomic E-state index is 0.114. The summed E-state index contributed by atoms with van der Waals surface area (Å²) >= 11 is 0. The molecule has 0 bridgehead atoms. The van der Waals surface area contributed by atoms with Crippen LogP contribution in [0.15, 0.2) is 130 Å². The van der Waals surface area contributed by atoms with Gasteiger partial charge < -0.3 is 4.98 Å². The zero-order valence-corrected chi connectivity index (χ0v) is 20.9. The van der Waals surface area contributed by atoms with Crippen molar-refractivity contribution in [2.75, 3.05) is 0 Å². The number of benzene rings is 4. The highest BCUT2D eigenvalue weighted by molar-refractivity contribution is 7.90. The maximum atomic E-state index is 13.0. The average Bonchev–Trinajstić information content (AvgIpc) is 3.26. The summed E-state index contributed by atoms with van der Waals surface area (Å²) in [6, 6.07) is 36.8. The zero-order chi connectivity index (χ0) is 25.4. The molecule has 1 N–H and O–H groups in total. The number of pyridine rings is 1. The van der Waals surface area contributed by atoms with Gasteiger partial charge in [0.2, 0.25) is 0 Å². The van der Waals surface area contributed by atoms with E-state index in [1.165, 1.54) is 0 Å². The number of H-pyrrole nitrogens is 1. The Kier molecular flexibility index (Phi) is 5.66. The third kappa shape index (κ3) is 4.21. The molecule has 0 saturated heterocycles. The van der Waals surface area contributed by atoms with Gasteiger partial charge in [-0.05, 0) is 41.8 Å². The SMILES string of the molecule is Cc1ccc(S(=O)(=O)N=Nc2c3c(-c4ccccc4)cc(-c4ccccc4)[nH]c-3c3ccccc23)cc1. The molecule has 0 fully saturated rings. The number of rotatable bonds is 5. The Morgan fingerprint density at radius 2 is 1.27 bits per heavy atom. The van der Waals surface area contributed by atoms with Crippen LogP contribution in [0.3, 0.4) is 0 Å². The predicted molar refractivity (Wildman–Crippen MR) is 149 cm³/mol. The number of aromatic nitrogens is 1. The van der Waals surface area contributed by atoms with E-state index in [-0.39, 0.29) is 4.90 Å². The molecular formula is C31H23N3O2S. The molecule has 5 nitrogen and oxygen atoms in total. The van der Waals surface area contributed by atoms with Crippen molar-refractivity contribution in [3.05, 3.63) is 121 Å². The molecule has 1 aliphatic carbocycles. The van der Waals surface area contributed by atoms with Gasteiger partial charge in [0.25, 0.3) is 10.0 Å². The second-order valence-corrected chi connectivity index (χ2v) is 10.5. The number of aromatic amines is 1. The number of hydrogen-bond acceptors (Lipinski definition) is 3. The van der Waals surface area contributed by atoms with E-state index in [0.717, 1.165) is 50.0 Å². The van der Waals surface area contributed by atoms with Gasteiger partial charge in [-0.2, -0.15) is 8.42 Å². The summed E-state index contributed by atoms with van der Waals surface area (Å²) in [5, 5.41) is 6.18. The fraction of sp³-hybridized carbons (Fsp3) is 0.0323. The van der Waals surface area contributed by atoms with E-state index in [9.17, 15) is 8.42 Å². The highest BCUT2D eigenvalue weighted by Crippen LogP contribution is 2.50. The number of fused-ring (bicyclic) bond motifs is 3. The molecule has 4 aromatic carbocycles. The van der Waals surface area contributed by atoms with E-state index in [1.807, 2.05) is 79.7 Å². The summed E-state index contributed by atoms with van der Waals surface area (Å²) < 4.78 is 30.0. The summed E-state index contributed by atoms with van der Waals surface area (Å²) in [5.41, 5.74) is 7.18. The van der Waals surface area contributed by atoms with E-state index in [1.54, 1.807) is 24.3 Å². The van der Waals surface area contributed by atoms with Crippen LogP contribution in [-0.2, 0) is 10.0 Å². The molecule has 1 heterocycles. The molecule has 6 rings (SSSR count). The van der Waals surface area contributed by atoms with Gasteiger partial charge in [0.05, 0.1) is 10.6 Å². The second-order valence-electron chi connectivity index (χ2n) is 8.94. The number of nitrogens with one attached hydrogen (secondary N) is 1. The molecule has 1 aliphatic heterocycles. The third-order valence-corrected chi connectivity index (χ3v) is 7.66. The van der Waals surface area contributed by atoms with Gasteiger partial charge >= 0.3 is 0 Å². The molecule has 0 amide bonds. The first kappa shape index (κ1) is 22.9. The van der Waals surface area contributed by atoms with Gasteiger partial charge in [0.15, 0.2) is 0 Å². The van der Waals surface area contributed by atoms with Gasteiger partial charge in [0, 0.05) is 22.0 Å². The highest BCUT2D eigenvalue weighted by atomic mass is 32.2. The summed E-state index contributed by atoms with van der Waals surface area (Å²) in [7, 11) is -3.97. The molecule has 0 aromatic heterocycles. The van der Waals surface area contributed by atoms with Crippen LogP contribution in [0.2, 0.25) is 0 Å². The Morgan fingerprint density at radius 1 is 0.676 bits per heavy atom. The van der Waals surface area contributed by atoms with Gasteiger partial charge in [-0.25, -0.2) is 0 Å². The first-order valence-corrected chi connectivity index (χ1v) is 13.4. The van der Waals surface area contributed by atoms with Crippen molar-refractivity contribution in [1.29, 1.82) is 0 Å². The van der Waals surface area contributed by atoms with Crippen LogP contribution in [0.5, 0.6) is 0 Å². The van der Waals surface area contributed by atoms with Gasteiger partial charge in [-0.15, -0.1) is 5.11 Å². The molecule has 4 aromatic rings. The Hall–Kier alpha value is -4.55. The van der Waals surface area contributed by atoms with Crippen molar-refractivity contribution in [2.24, 2.45) is 9.63 Å². The normalized spacial score (nSPS) is 12.0. The first-order valence-electron chi connectivity index (χ1n) is 11.9. The number of hydrogen-bond donors (Lipinski definition) is 1. The van der Waals surface area contributed by atoms with Crippen molar-refractivity contribution in [2.45, 2.75) is 11.8 Å². The lowest BCUT2D eigenvalue weighted by atomic mass is 9.96. The van der Waals surface area contributed by atoms with E-state index in [2.05, 4.69) is 32.8 Å². The fourth-order valence-electron chi connectivity index (χ4n) is 4.65. The van der Waals surface area contributed by atoms with Crippen LogP contribution in [-0.4, -0.2) is 13.4 Å². The molecule has 180 valence electrons. The molecule has 0 radical (unpaired) electrons. The minimum Gasteiger partial charge on any atom is -0.354 e. The summed E-state index contributed by atoms with van der Waals surface area (Å²) in [6.45, 7) is 1.91. The minimum atomic E-state index is -3.97. The van der Waals surface area contributed by atoms with Gasteiger partial charge in [-0.1, -0.05) is 107 Å². The van der Waals surface area contributed by atoms with Crippen molar-refractivity contribution < 1.29 is 8.42 Å². The Morgan fingerprint density at radius 3 is 1.95 bits per heavy atom. The van der Waals surface area contributed by atoms with Crippen LogP contribution in [0.1, 0.15) is 5.56 Å². The fourth-order valence-corrected chi connectivity index (χ4v) is 5.41. The summed E-state index contributed by atoms with van der Waals surface area (Å²) in [4.78, 5) is 3.71. The Bertz CT molecular complexity index is 1820. The molecule has 0 atom stereocenters. The van der Waals surface area contributed by atoms with E-state index in [0.29, 0.717) is 5.69 Å². The Labute approximate surface area is 215 Å². The zero-order valence-electron chi connectivity index (χ0n) is 20.1. The molecule has 0 unspecified atom stereocenters. The lowest BCUT2D eigenvalue weighted by Crippen LogP contribution is -1.95. The van der Waals surface area contributed by atoms with Crippen molar-refractivity contribution in [1.82, 2.24) is 4.98 Å². The highest BCUT2D eigenvalue weighted by Gasteiger charge is 2.24.